The van der Waals surface area contributed by atoms with Crippen molar-refractivity contribution in [3.63, 3.8) is 0 Å². The Hall–Kier alpha value is -2.12. The molecule has 1 aliphatic rings. The van der Waals surface area contributed by atoms with Gasteiger partial charge in [0, 0.05) is 28.4 Å². The lowest BCUT2D eigenvalue weighted by atomic mass is 10.0. The van der Waals surface area contributed by atoms with Gasteiger partial charge < -0.3 is 4.57 Å². The van der Waals surface area contributed by atoms with Gasteiger partial charge in [-0.3, -0.25) is 4.79 Å². The summed E-state index contributed by atoms with van der Waals surface area (Å²) in [6, 6.07) is 8.16. The minimum Gasteiger partial charge on any atom is -0.344 e. The Morgan fingerprint density at radius 3 is 2.52 bits per heavy atom. The van der Waals surface area contributed by atoms with Crippen molar-refractivity contribution in [3.8, 4) is 0 Å². The van der Waals surface area contributed by atoms with Gasteiger partial charge in [-0.25, -0.2) is 13.4 Å². The molecule has 4 rings (SSSR count). The summed E-state index contributed by atoms with van der Waals surface area (Å²) in [5, 5.41) is 2.00. The standard InChI is InChI=1S/C24H28N2O3S2/c1-14-8-16(3)24-20(9-14)15(2)10-23(25-24)30-12-22(27)21-11-17(4)26(18(21)5)19-6-7-31(28,29)13-19/h8-11,19H,6-7,12-13H2,1-5H3. The van der Waals surface area contributed by atoms with Crippen LogP contribution in [-0.4, -0.2) is 41.0 Å². The monoisotopic (exact) mass is 456 g/mol. The van der Waals surface area contributed by atoms with E-state index < -0.39 is 9.84 Å². The Bertz CT molecular complexity index is 1310. The number of benzene rings is 1. The van der Waals surface area contributed by atoms with Crippen molar-refractivity contribution in [1.82, 2.24) is 9.55 Å². The van der Waals surface area contributed by atoms with Gasteiger partial charge >= 0.3 is 0 Å². The summed E-state index contributed by atoms with van der Waals surface area (Å²) in [4.78, 5) is 17.8. The fourth-order valence-electron chi connectivity index (χ4n) is 4.71. The van der Waals surface area contributed by atoms with Gasteiger partial charge in [0.15, 0.2) is 15.6 Å². The number of hydrogen-bond acceptors (Lipinski definition) is 5. The van der Waals surface area contributed by atoms with Crippen LogP contribution < -0.4 is 0 Å². The zero-order valence-electron chi connectivity index (χ0n) is 18.7. The Kier molecular flexibility index (Phi) is 5.77. The number of carbonyl (C=O) groups is 1. The number of nitrogens with zero attached hydrogens (tertiary/aromatic N) is 2. The second-order valence-electron chi connectivity index (χ2n) is 8.68. The van der Waals surface area contributed by atoms with Gasteiger partial charge in [0.25, 0.3) is 0 Å². The quantitative estimate of drug-likeness (QED) is 0.403. The maximum absolute atomic E-state index is 13.0. The van der Waals surface area contributed by atoms with Crippen LogP contribution in [0, 0.1) is 34.6 Å². The first-order chi connectivity index (χ1) is 14.6. The van der Waals surface area contributed by atoms with Crippen molar-refractivity contribution >= 4 is 38.3 Å². The molecular weight excluding hydrogens is 428 g/mol. The topological polar surface area (TPSA) is 69.0 Å². The van der Waals surface area contributed by atoms with E-state index in [2.05, 4.69) is 32.9 Å². The summed E-state index contributed by atoms with van der Waals surface area (Å²) in [5.74, 6) is 0.728. The average molecular weight is 457 g/mol. The van der Waals surface area contributed by atoms with Crippen molar-refractivity contribution in [2.24, 2.45) is 0 Å². The zero-order chi connectivity index (χ0) is 22.5. The Labute approximate surface area is 188 Å². The molecular formula is C24H28N2O3S2. The average Bonchev–Trinajstić information content (AvgIpc) is 3.18. The number of aryl methyl sites for hydroxylation is 4. The Morgan fingerprint density at radius 2 is 1.84 bits per heavy atom. The highest BCUT2D eigenvalue weighted by molar-refractivity contribution is 7.99. The summed E-state index contributed by atoms with van der Waals surface area (Å²) in [6.45, 7) is 10.1. The molecule has 5 nitrogen and oxygen atoms in total. The van der Waals surface area contributed by atoms with Crippen LogP contribution in [-0.2, 0) is 9.84 Å². The first kappa shape index (κ1) is 22.1. The first-order valence-corrected chi connectivity index (χ1v) is 13.3. The van der Waals surface area contributed by atoms with Crippen LogP contribution >= 0.6 is 11.8 Å². The van der Waals surface area contributed by atoms with E-state index in [1.807, 2.05) is 30.5 Å². The number of rotatable bonds is 5. The van der Waals surface area contributed by atoms with Crippen molar-refractivity contribution in [2.45, 2.75) is 52.1 Å². The van der Waals surface area contributed by atoms with Crippen LogP contribution in [0.5, 0.6) is 0 Å². The zero-order valence-corrected chi connectivity index (χ0v) is 20.3. The number of thioether (sulfide) groups is 1. The lowest BCUT2D eigenvalue weighted by molar-refractivity contribution is 0.102. The number of carbonyl (C=O) groups excluding carboxylic acids is 1. The molecule has 1 atom stereocenters. The van der Waals surface area contributed by atoms with Crippen molar-refractivity contribution in [1.29, 1.82) is 0 Å². The molecule has 1 aliphatic heterocycles. The molecule has 1 aromatic carbocycles. The third-order valence-corrected chi connectivity index (χ3v) is 8.80. The third kappa shape index (κ3) is 4.30. The van der Waals surface area contributed by atoms with E-state index in [4.69, 9.17) is 4.98 Å². The van der Waals surface area contributed by atoms with E-state index in [1.54, 1.807) is 0 Å². The number of aromatic nitrogens is 2. The number of hydrogen-bond donors (Lipinski definition) is 0. The van der Waals surface area contributed by atoms with E-state index in [1.165, 1.54) is 17.3 Å². The third-order valence-electron chi connectivity index (χ3n) is 6.14. The molecule has 0 spiro atoms. The van der Waals surface area contributed by atoms with Crippen molar-refractivity contribution in [2.75, 3.05) is 17.3 Å². The molecule has 0 saturated carbocycles. The molecule has 1 saturated heterocycles. The molecule has 0 aliphatic carbocycles. The highest BCUT2D eigenvalue weighted by Gasteiger charge is 2.31. The fourth-order valence-corrected chi connectivity index (χ4v) is 7.26. The van der Waals surface area contributed by atoms with E-state index >= 15 is 0 Å². The number of Topliss-reactive ketones (excluding diaryl/α,β-unsaturated/α-hetero) is 1. The van der Waals surface area contributed by atoms with Crippen LogP contribution in [0.2, 0.25) is 0 Å². The lowest BCUT2D eigenvalue weighted by Crippen LogP contribution is -2.14. The molecule has 0 N–H and O–H groups in total. The Balaban J connectivity index is 1.55. The molecule has 0 radical (unpaired) electrons. The smallest absolute Gasteiger partial charge is 0.174 e. The van der Waals surface area contributed by atoms with Gasteiger partial charge in [-0.05, 0) is 70.4 Å². The van der Waals surface area contributed by atoms with E-state index in [0.29, 0.717) is 17.7 Å². The summed E-state index contributed by atoms with van der Waals surface area (Å²) in [6.07, 6.45) is 0.611. The number of pyridine rings is 1. The minimum absolute atomic E-state index is 0.0467. The first-order valence-electron chi connectivity index (χ1n) is 10.5. The van der Waals surface area contributed by atoms with Gasteiger partial charge in [-0.15, -0.1) is 0 Å². The lowest BCUT2D eigenvalue weighted by Gasteiger charge is -2.16. The molecule has 3 heterocycles. The second kappa shape index (κ2) is 8.10. The van der Waals surface area contributed by atoms with Crippen molar-refractivity contribution in [3.05, 3.63) is 57.9 Å². The highest BCUT2D eigenvalue weighted by atomic mass is 32.2. The normalized spacial score (nSPS) is 18.0. The number of sulfone groups is 1. The Morgan fingerprint density at radius 1 is 1.10 bits per heavy atom. The second-order valence-corrected chi connectivity index (χ2v) is 11.9. The maximum atomic E-state index is 13.0. The molecule has 1 unspecified atom stereocenters. The van der Waals surface area contributed by atoms with Crippen LogP contribution in [0.25, 0.3) is 10.9 Å². The molecule has 0 bridgehead atoms. The van der Waals surface area contributed by atoms with Crippen LogP contribution in [0.1, 0.15) is 50.9 Å². The highest BCUT2D eigenvalue weighted by Crippen LogP contribution is 2.31. The van der Waals surface area contributed by atoms with Gasteiger partial charge in [-0.1, -0.05) is 23.4 Å². The summed E-state index contributed by atoms with van der Waals surface area (Å²) >= 11 is 1.46. The maximum Gasteiger partial charge on any atom is 0.174 e. The van der Waals surface area contributed by atoms with Gasteiger partial charge in [0.2, 0.25) is 0 Å². The molecule has 2 aromatic heterocycles. The molecule has 7 heteroatoms. The van der Waals surface area contributed by atoms with Gasteiger partial charge in [-0.2, -0.15) is 0 Å². The van der Waals surface area contributed by atoms with Gasteiger partial charge in [0.05, 0.1) is 27.8 Å². The summed E-state index contributed by atoms with van der Waals surface area (Å²) in [5.41, 5.74) is 6.99. The molecule has 164 valence electrons. The van der Waals surface area contributed by atoms with Crippen molar-refractivity contribution < 1.29 is 13.2 Å². The fraction of sp³-hybridized carbons (Fsp3) is 0.417. The largest absolute Gasteiger partial charge is 0.344 e. The molecule has 31 heavy (non-hydrogen) atoms. The summed E-state index contributed by atoms with van der Waals surface area (Å²) in [7, 11) is -2.98. The van der Waals surface area contributed by atoms with Crippen LogP contribution in [0.4, 0.5) is 0 Å². The van der Waals surface area contributed by atoms with E-state index in [-0.39, 0.29) is 23.3 Å². The van der Waals surface area contributed by atoms with Crippen LogP contribution in [0.15, 0.2) is 29.3 Å². The minimum atomic E-state index is -2.98. The van der Waals surface area contributed by atoms with Gasteiger partial charge in [0.1, 0.15) is 0 Å². The van der Waals surface area contributed by atoms with Crippen LogP contribution in [0.3, 0.4) is 0 Å². The number of ketones is 1. The summed E-state index contributed by atoms with van der Waals surface area (Å²) < 4.78 is 25.9. The molecule has 3 aromatic rings. The van der Waals surface area contributed by atoms with E-state index in [9.17, 15) is 13.2 Å². The predicted molar refractivity (Wildman–Crippen MR) is 127 cm³/mol. The number of fused-ring (bicyclic) bond motifs is 1. The predicted octanol–water partition coefficient (Wildman–Crippen LogP) is 4.91. The molecule has 1 fully saturated rings. The van der Waals surface area contributed by atoms with E-state index in [0.717, 1.165) is 38.4 Å². The SMILES string of the molecule is Cc1cc(C)c2nc(SCC(=O)c3cc(C)n(C4CCS(=O)(=O)C4)c3C)cc(C)c2c1. The molecule has 0 amide bonds.